The normalized spacial score (nSPS) is 17.7. The van der Waals surface area contributed by atoms with E-state index in [9.17, 15) is 17.6 Å². The van der Waals surface area contributed by atoms with Gasteiger partial charge in [0.2, 0.25) is 5.95 Å². The maximum absolute atomic E-state index is 14.7. The highest BCUT2D eigenvalue weighted by molar-refractivity contribution is 5.59. The lowest BCUT2D eigenvalue weighted by molar-refractivity contribution is -0.137. The number of rotatable bonds is 9. The largest absolute Gasteiger partial charge is 0.493 e. The summed E-state index contributed by atoms with van der Waals surface area (Å²) in [5.41, 5.74) is -1.03. The smallest absolute Gasteiger partial charge is 0.416 e. The number of aryl methyl sites for hydroxylation is 1. The van der Waals surface area contributed by atoms with E-state index in [0.29, 0.717) is 13.0 Å². The third kappa shape index (κ3) is 7.20. The lowest BCUT2D eigenvalue weighted by Gasteiger charge is -2.53. The molecule has 1 saturated heterocycles. The van der Waals surface area contributed by atoms with E-state index in [1.165, 1.54) is 6.07 Å². The molecular weight excluding hydrogens is 512 g/mol. The van der Waals surface area contributed by atoms with Gasteiger partial charge >= 0.3 is 6.18 Å². The Morgan fingerprint density at radius 1 is 1.05 bits per heavy atom. The van der Waals surface area contributed by atoms with Gasteiger partial charge in [-0.25, -0.2) is 9.37 Å². The van der Waals surface area contributed by atoms with Crippen LogP contribution in [0.2, 0.25) is 0 Å². The third-order valence-electron chi connectivity index (χ3n) is 7.38. The number of anilines is 3. The first-order chi connectivity index (χ1) is 18.2. The van der Waals surface area contributed by atoms with Gasteiger partial charge in [0, 0.05) is 47.8 Å². The van der Waals surface area contributed by atoms with Gasteiger partial charge in [-0.1, -0.05) is 0 Å². The quantitative estimate of drug-likeness (QED) is 0.229. The Labute approximate surface area is 226 Å². The minimum atomic E-state index is -4.58. The van der Waals surface area contributed by atoms with Crippen LogP contribution in [-0.4, -0.2) is 50.2 Å². The number of piperidine rings is 1. The van der Waals surface area contributed by atoms with Gasteiger partial charge in [-0.15, -0.1) is 0 Å². The first-order valence-electron chi connectivity index (χ1n) is 13.0. The van der Waals surface area contributed by atoms with E-state index in [4.69, 9.17) is 4.74 Å². The van der Waals surface area contributed by atoms with Crippen molar-refractivity contribution in [3.05, 3.63) is 60.3 Å². The van der Waals surface area contributed by atoms with Crippen molar-refractivity contribution in [2.75, 3.05) is 24.3 Å². The molecule has 0 bridgehead atoms. The summed E-state index contributed by atoms with van der Waals surface area (Å²) in [4.78, 5) is 10.5. The molecule has 0 atom stereocenters. The second kappa shape index (κ2) is 11.0. The van der Waals surface area contributed by atoms with E-state index < -0.39 is 17.6 Å². The van der Waals surface area contributed by atoms with E-state index in [1.54, 1.807) is 0 Å². The maximum atomic E-state index is 14.7. The summed E-state index contributed by atoms with van der Waals surface area (Å²) in [7, 11) is 2.08. The predicted molar refractivity (Wildman–Crippen MR) is 144 cm³/mol. The zero-order valence-electron chi connectivity index (χ0n) is 22.9. The molecule has 0 unspecified atom stereocenters. The second-order valence-corrected chi connectivity index (χ2v) is 11.3. The molecule has 3 heterocycles. The van der Waals surface area contributed by atoms with Gasteiger partial charge in [-0.3, -0.25) is 4.90 Å². The molecule has 0 saturated carbocycles. The molecule has 11 heteroatoms. The molecular formula is C28H36F4N6O. The van der Waals surface area contributed by atoms with Gasteiger partial charge in [0.1, 0.15) is 5.75 Å². The Morgan fingerprint density at radius 3 is 2.36 bits per heavy atom. The van der Waals surface area contributed by atoms with Gasteiger partial charge in [0.15, 0.2) is 11.6 Å². The Hall–Kier alpha value is -3.34. The summed E-state index contributed by atoms with van der Waals surface area (Å²) < 4.78 is 63.1. The van der Waals surface area contributed by atoms with Crippen LogP contribution >= 0.6 is 0 Å². The van der Waals surface area contributed by atoms with Crippen molar-refractivity contribution in [3.63, 3.8) is 0 Å². The van der Waals surface area contributed by atoms with Gasteiger partial charge in [0.05, 0.1) is 18.4 Å². The molecule has 4 rings (SSSR count). The van der Waals surface area contributed by atoms with E-state index in [2.05, 4.69) is 60.2 Å². The van der Waals surface area contributed by atoms with Crippen molar-refractivity contribution in [2.45, 2.75) is 76.8 Å². The molecule has 0 aliphatic carbocycles. The van der Waals surface area contributed by atoms with Gasteiger partial charge in [-0.2, -0.15) is 18.2 Å². The average molecular weight is 549 g/mol. The lowest BCUT2D eigenvalue weighted by Crippen LogP contribution is -2.61. The topological polar surface area (TPSA) is 67.2 Å². The van der Waals surface area contributed by atoms with Crippen molar-refractivity contribution in [3.8, 4) is 5.75 Å². The minimum Gasteiger partial charge on any atom is -0.493 e. The standard InChI is InChI=1S/C28H36F4N6O/c1-26(2)16-21(17-27(3,4)37(26)5)34-24-23(29)18-33-25(36-24)35-20-13-19(28(30,31)32)14-22(15-20)39-12-8-11-38-9-6-7-10-38/h6-7,9-10,13-15,18,21H,8,11-12,16-17H2,1-5H3,(H2,33,34,35,36). The average Bonchev–Trinajstić information content (AvgIpc) is 3.35. The Bertz CT molecular complexity index is 1240. The van der Waals surface area contributed by atoms with Crippen molar-refractivity contribution in [2.24, 2.45) is 0 Å². The van der Waals surface area contributed by atoms with Crippen molar-refractivity contribution in [1.29, 1.82) is 0 Å². The molecule has 3 aromatic rings. The highest BCUT2D eigenvalue weighted by Crippen LogP contribution is 2.38. The molecule has 2 N–H and O–H groups in total. The van der Waals surface area contributed by atoms with E-state index in [1.807, 2.05) is 29.1 Å². The number of likely N-dealkylation sites (tertiary alicyclic amines) is 1. The summed E-state index contributed by atoms with van der Waals surface area (Å²) in [5.74, 6) is -0.590. The maximum Gasteiger partial charge on any atom is 0.416 e. The van der Waals surface area contributed by atoms with Crippen molar-refractivity contribution in [1.82, 2.24) is 19.4 Å². The summed E-state index contributed by atoms with van der Waals surface area (Å²) in [6.45, 7) is 9.48. The van der Waals surface area contributed by atoms with E-state index >= 15 is 0 Å². The Morgan fingerprint density at radius 2 is 1.72 bits per heavy atom. The van der Waals surface area contributed by atoms with Crippen LogP contribution in [0.4, 0.5) is 35.0 Å². The first-order valence-corrected chi connectivity index (χ1v) is 13.0. The van der Waals surface area contributed by atoms with Crippen LogP contribution < -0.4 is 15.4 Å². The fourth-order valence-corrected chi connectivity index (χ4v) is 5.20. The van der Waals surface area contributed by atoms with E-state index in [-0.39, 0.29) is 46.9 Å². The molecule has 7 nitrogen and oxygen atoms in total. The number of alkyl halides is 3. The number of halogens is 4. The van der Waals surface area contributed by atoms with Gasteiger partial charge < -0.3 is 19.9 Å². The first kappa shape index (κ1) is 28.7. The Kier molecular flexibility index (Phi) is 8.11. The van der Waals surface area contributed by atoms with E-state index in [0.717, 1.165) is 31.2 Å². The predicted octanol–water partition coefficient (Wildman–Crippen LogP) is 6.71. The molecule has 0 amide bonds. The van der Waals surface area contributed by atoms with Gasteiger partial charge in [-0.05, 0) is 78.3 Å². The van der Waals surface area contributed by atoms with Crippen LogP contribution in [0, 0.1) is 5.82 Å². The molecule has 1 aliphatic heterocycles. The molecule has 1 fully saturated rings. The van der Waals surface area contributed by atoms with Crippen molar-refractivity contribution >= 4 is 17.5 Å². The number of aromatic nitrogens is 3. The molecule has 1 aliphatic rings. The fraction of sp³-hybridized carbons (Fsp3) is 0.500. The zero-order valence-corrected chi connectivity index (χ0v) is 22.9. The Balaban J connectivity index is 1.49. The molecule has 0 spiro atoms. The monoisotopic (exact) mass is 548 g/mol. The van der Waals surface area contributed by atoms with Crippen LogP contribution in [0.25, 0.3) is 0 Å². The number of hydrogen-bond donors (Lipinski definition) is 2. The summed E-state index contributed by atoms with van der Waals surface area (Å²) in [6.07, 6.45) is 2.39. The summed E-state index contributed by atoms with van der Waals surface area (Å²) in [6, 6.07) is 7.12. The summed E-state index contributed by atoms with van der Waals surface area (Å²) >= 11 is 0. The third-order valence-corrected chi connectivity index (χ3v) is 7.38. The fourth-order valence-electron chi connectivity index (χ4n) is 5.20. The number of nitrogens with one attached hydrogen (secondary N) is 2. The molecule has 212 valence electrons. The van der Waals surface area contributed by atoms with Crippen LogP contribution in [0.15, 0.2) is 48.9 Å². The van der Waals surface area contributed by atoms with Crippen molar-refractivity contribution < 1.29 is 22.3 Å². The number of benzene rings is 1. The number of ether oxygens (including phenoxy) is 1. The molecule has 2 aromatic heterocycles. The molecule has 1 aromatic carbocycles. The SMILES string of the molecule is CN1C(C)(C)CC(Nc2nc(Nc3cc(OCCCn4cccc4)cc(C(F)(F)F)c3)ncc2F)CC1(C)C. The van der Waals surface area contributed by atoms with Crippen LogP contribution in [0.5, 0.6) is 5.75 Å². The van der Waals surface area contributed by atoms with Gasteiger partial charge in [0.25, 0.3) is 0 Å². The zero-order chi connectivity index (χ0) is 28.4. The highest BCUT2D eigenvalue weighted by Gasteiger charge is 2.43. The van der Waals surface area contributed by atoms with Crippen LogP contribution in [0.1, 0.15) is 52.5 Å². The van der Waals surface area contributed by atoms with Crippen LogP contribution in [-0.2, 0) is 12.7 Å². The van der Waals surface area contributed by atoms with Crippen LogP contribution in [0.3, 0.4) is 0 Å². The number of hydrogen-bond acceptors (Lipinski definition) is 6. The minimum absolute atomic E-state index is 0.00196. The number of nitrogens with zero attached hydrogens (tertiary/aromatic N) is 4. The molecule has 39 heavy (non-hydrogen) atoms. The molecule has 0 radical (unpaired) electrons. The highest BCUT2D eigenvalue weighted by atomic mass is 19.4. The summed E-state index contributed by atoms with van der Waals surface area (Å²) in [5, 5.41) is 5.99. The lowest BCUT2D eigenvalue weighted by atomic mass is 9.77. The second-order valence-electron chi connectivity index (χ2n) is 11.3.